The molecule has 0 aliphatic heterocycles. The van der Waals surface area contributed by atoms with Crippen LogP contribution in [0.15, 0.2) is 6.07 Å². The highest BCUT2D eigenvalue weighted by Crippen LogP contribution is 2.29. The third kappa shape index (κ3) is 3.60. The molecule has 0 saturated heterocycles. The highest BCUT2D eigenvalue weighted by Gasteiger charge is 2.21. The summed E-state index contributed by atoms with van der Waals surface area (Å²) in [5, 5.41) is 2.65. The van der Waals surface area contributed by atoms with Gasteiger partial charge in [0.15, 0.2) is 6.10 Å². The second kappa shape index (κ2) is 6.88. The average molecular weight is 295 g/mol. The van der Waals surface area contributed by atoms with E-state index in [-0.39, 0.29) is 11.9 Å². The van der Waals surface area contributed by atoms with Gasteiger partial charge in [0, 0.05) is 11.4 Å². The van der Waals surface area contributed by atoms with Gasteiger partial charge in [-0.1, -0.05) is 6.42 Å². The number of hydrogen-bond acceptors (Lipinski definition) is 4. The molecule has 1 aromatic heterocycles. The first-order valence-corrected chi connectivity index (χ1v) is 8.03. The number of aryl methyl sites for hydroxylation is 2. The van der Waals surface area contributed by atoms with Crippen LogP contribution in [0.5, 0.6) is 0 Å². The number of esters is 1. The lowest BCUT2D eigenvalue weighted by Crippen LogP contribution is -2.35. The number of amides is 1. The lowest BCUT2D eigenvalue weighted by atomic mass is 10.1. The Kier molecular flexibility index (Phi) is 5.17. The van der Waals surface area contributed by atoms with Crippen LogP contribution in [-0.2, 0) is 22.4 Å². The van der Waals surface area contributed by atoms with Crippen LogP contribution in [0.3, 0.4) is 0 Å². The number of fused-ring (bicyclic) bond motifs is 1. The summed E-state index contributed by atoms with van der Waals surface area (Å²) in [5.41, 5.74) is 1.28. The van der Waals surface area contributed by atoms with Crippen molar-refractivity contribution in [1.29, 1.82) is 0 Å². The number of carbonyl (C=O) groups excluding carboxylic acids is 2. The fraction of sp³-hybridized carbons (Fsp3) is 0.600. The van der Waals surface area contributed by atoms with E-state index in [4.69, 9.17) is 4.74 Å². The molecule has 0 bridgehead atoms. The molecule has 1 N–H and O–H groups in total. The van der Waals surface area contributed by atoms with Gasteiger partial charge in [0.05, 0.1) is 0 Å². The molecule has 0 saturated carbocycles. The van der Waals surface area contributed by atoms with Crippen molar-refractivity contribution in [2.24, 2.45) is 0 Å². The number of hydrogen-bond donors (Lipinski definition) is 1. The SMILES string of the molecule is CCNC(=O)[C@@H](C)OC(=O)c1cc2c(s1)CCCCC2. The van der Waals surface area contributed by atoms with Gasteiger partial charge in [-0.2, -0.15) is 0 Å². The van der Waals surface area contributed by atoms with Crippen LogP contribution >= 0.6 is 11.3 Å². The largest absolute Gasteiger partial charge is 0.448 e. The van der Waals surface area contributed by atoms with E-state index in [2.05, 4.69) is 5.32 Å². The third-order valence-electron chi connectivity index (χ3n) is 3.45. The zero-order chi connectivity index (χ0) is 14.5. The van der Waals surface area contributed by atoms with Crippen LogP contribution in [0.4, 0.5) is 0 Å². The predicted molar refractivity (Wildman–Crippen MR) is 79.1 cm³/mol. The van der Waals surface area contributed by atoms with Crippen LogP contribution in [0.25, 0.3) is 0 Å². The van der Waals surface area contributed by atoms with E-state index < -0.39 is 6.10 Å². The number of carbonyl (C=O) groups is 2. The van der Waals surface area contributed by atoms with E-state index in [1.54, 1.807) is 6.92 Å². The van der Waals surface area contributed by atoms with Crippen molar-refractivity contribution >= 4 is 23.2 Å². The number of thiophene rings is 1. The normalized spacial score (nSPS) is 15.9. The first-order chi connectivity index (χ1) is 9.61. The van der Waals surface area contributed by atoms with Gasteiger partial charge in [0.2, 0.25) is 0 Å². The lowest BCUT2D eigenvalue weighted by Gasteiger charge is -2.11. The Labute approximate surface area is 123 Å². The van der Waals surface area contributed by atoms with Crippen LogP contribution in [0, 0.1) is 0 Å². The molecule has 0 fully saturated rings. The van der Waals surface area contributed by atoms with Crippen molar-refractivity contribution in [3.05, 3.63) is 21.4 Å². The summed E-state index contributed by atoms with van der Waals surface area (Å²) < 4.78 is 5.22. The fourth-order valence-electron chi connectivity index (χ4n) is 2.36. The van der Waals surface area contributed by atoms with Gasteiger partial charge in [-0.25, -0.2) is 4.79 Å². The van der Waals surface area contributed by atoms with Crippen molar-refractivity contribution < 1.29 is 14.3 Å². The quantitative estimate of drug-likeness (QED) is 0.686. The summed E-state index contributed by atoms with van der Waals surface area (Å²) in [4.78, 5) is 25.6. The maximum Gasteiger partial charge on any atom is 0.349 e. The van der Waals surface area contributed by atoms with Crippen molar-refractivity contribution in [3.8, 4) is 0 Å². The zero-order valence-electron chi connectivity index (χ0n) is 12.0. The van der Waals surface area contributed by atoms with E-state index in [0.717, 1.165) is 12.8 Å². The van der Waals surface area contributed by atoms with Gasteiger partial charge in [-0.05, 0) is 51.2 Å². The van der Waals surface area contributed by atoms with Crippen molar-refractivity contribution in [2.45, 2.75) is 52.1 Å². The molecule has 110 valence electrons. The molecule has 0 unspecified atom stereocenters. The van der Waals surface area contributed by atoms with Crippen LogP contribution < -0.4 is 5.32 Å². The lowest BCUT2D eigenvalue weighted by molar-refractivity contribution is -0.128. The molecule has 4 nitrogen and oxygen atoms in total. The second-order valence-corrected chi connectivity index (χ2v) is 6.20. The van der Waals surface area contributed by atoms with Gasteiger partial charge in [0.25, 0.3) is 5.91 Å². The molecule has 0 radical (unpaired) electrons. The number of nitrogens with one attached hydrogen (secondary N) is 1. The van der Waals surface area contributed by atoms with Crippen molar-refractivity contribution in [3.63, 3.8) is 0 Å². The van der Waals surface area contributed by atoms with E-state index in [1.807, 2.05) is 13.0 Å². The molecule has 2 rings (SSSR count). The molecule has 5 heteroatoms. The van der Waals surface area contributed by atoms with Gasteiger partial charge >= 0.3 is 5.97 Å². The highest BCUT2D eigenvalue weighted by molar-refractivity contribution is 7.14. The molecule has 1 heterocycles. The topological polar surface area (TPSA) is 55.4 Å². The van der Waals surface area contributed by atoms with E-state index in [0.29, 0.717) is 11.4 Å². The zero-order valence-corrected chi connectivity index (χ0v) is 12.8. The Morgan fingerprint density at radius 1 is 1.35 bits per heavy atom. The molecular formula is C15H21NO3S. The maximum absolute atomic E-state index is 12.1. The molecule has 0 spiro atoms. The summed E-state index contributed by atoms with van der Waals surface area (Å²) in [7, 11) is 0. The second-order valence-electron chi connectivity index (χ2n) is 5.06. The van der Waals surface area contributed by atoms with Gasteiger partial charge in [-0.3, -0.25) is 4.79 Å². The summed E-state index contributed by atoms with van der Waals surface area (Å²) in [6.07, 6.45) is 4.99. The average Bonchev–Trinajstić information content (AvgIpc) is 2.70. The van der Waals surface area contributed by atoms with Crippen molar-refractivity contribution in [2.75, 3.05) is 6.54 Å². The first kappa shape index (κ1) is 15.0. The Balaban J connectivity index is 2.01. The van der Waals surface area contributed by atoms with E-state index >= 15 is 0 Å². The molecule has 0 aromatic carbocycles. The Morgan fingerprint density at radius 3 is 2.85 bits per heavy atom. The monoisotopic (exact) mass is 295 g/mol. The minimum absolute atomic E-state index is 0.251. The Bertz CT molecular complexity index is 472. The molecule has 1 aliphatic rings. The molecule has 1 aromatic rings. The molecule has 1 atom stereocenters. The predicted octanol–water partition coefficient (Wildman–Crippen LogP) is 2.70. The molecular weight excluding hydrogens is 274 g/mol. The van der Waals surface area contributed by atoms with E-state index in [9.17, 15) is 9.59 Å². The maximum atomic E-state index is 12.1. The first-order valence-electron chi connectivity index (χ1n) is 7.22. The Morgan fingerprint density at radius 2 is 2.10 bits per heavy atom. The molecule has 1 aliphatic carbocycles. The van der Waals surface area contributed by atoms with Crippen LogP contribution in [0.2, 0.25) is 0 Å². The van der Waals surface area contributed by atoms with E-state index in [1.165, 1.54) is 41.0 Å². The number of rotatable bonds is 4. The summed E-state index contributed by atoms with van der Waals surface area (Å²) >= 11 is 1.52. The van der Waals surface area contributed by atoms with Gasteiger partial charge in [0.1, 0.15) is 4.88 Å². The van der Waals surface area contributed by atoms with Gasteiger partial charge < -0.3 is 10.1 Å². The summed E-state index contributed by atoms with van der Waals surface area (Å²) in [5.74, 6) is -0.638. The minimum atomic E-state index is -0.746. The highest BCUT2D eigenvalue weighted by atomic mass is 32.1. The smallest absolute Gasteiger partial charge is 0.349 e. The standard InChI is InChI=1S/C15H21NO3S/c1-3-16-14(17)10(2)19-15(18)13-9-11-7-5-4-6-8-12(11)20-13/h9-10H,3-8H2,1-2H3,(H,16,17)/t10-/m1/s1. The number of likely N-dealkylation sites (N-methyl/N-ethyl adjacent to an activating group) is 1. The van der Waals surface area contributed by atoms with Crippen LogP contribution in [-0.4, -0.2) is 24.5 Å². The third-order valence-corrected chi connectivity index (χ3v) is 4.67. The summed E-state index contributed by atoms with van der Waals surface area (Å²) in [6, 6.07) is 1.94. The van der Waals surface area contributed by atoms with Crippen molar-refractivity contribution in [1.82, 2.24) is 5.32 Å². The Hall–Kier alpha value is -1.36. The molecule has 20 heavy (non-hydrogen) atoms. The number of ether oxygens (including phenoxy) is 1. The summed E-state index contributed by atoms with van der Waals surface area (Å²) in [6.45, 7) is 3.97. The van der Waals surface area contributed by atoms with Gasteiger partial charge in [-0.15, -0.1) is 11.3 Å². The van der Waals surface area contributed by atoms with Crippen LogP contribution in [0.1, 0.15) is 53.2 Å². The minimum Gasteiger partial charge on any atom is -0.448 e. The molecule has 1 amide bonds. The fourth-order valence-corrected chi connectivity index (χ4v) is 3.49.